The third-order valence-electron chi connectivity index (χ3n) is 3.29. The number of hydrogen-bond donors (Lipinski definition) is 2. The summed E-state index contributed by atoms with van der Waals surface area (Å²) in [7, 11) is 0. The fourth-order valence-electron chi connectivity index (χ4n) is 2.58. The van der Waals surface area contributed by atoms with Crippen molar-refractivity contribution in [2.75, 3.05) is 0 Å². The van der Waals surface area contributed by atoms with E-state index in [0.717, 1.165) is 0 Å². The SMILES string of the molecule is CC(C)(C)OC(=O)N1C(CC(=O)O)CCCC1CC(=O)O. The minimum Gasteiger partial charge on any atom is -0.481 e. The van der Waals surface area contributed by atoms with E-state index in [-0.39, 0.29) is 12.8 Å². The fourth-order valence-corrected chi connectivity index (χ4v) is 2.58. The van der Waals surface area contributed by atoms with Crippen LogP contribution in [0.2, 0.25) is 0 Å². The smallest absolute Gasteiger partial charge is 0.410 e. The molecule has 0 aromatic rings. The van der Waals surface area contributed by atoms with Crippen LogP contribution in [0.5, 0.6) is 0 Å². The van der Waals surface area contributed by atoms with Gasteiger partial charge in [-0.2, -0.15) is 0 Å². The first-order valence-corrected chi connectivity index (χ1v) is 7.05. The van der Waals surface area contributed by atoms with Gasteiger partial charge in [0.1, 0.15) is 5.60 Å². The average molecular weight is 301 g/mol. The van der Waals surface area contributed by atoms with Gasteiger partial charge in [-0.3, -0.25) is 9.59 Å². The van der Waals surface area contributed by atoms with Crippen LogP contribution in [0.4, 0.5) is 4.79 Å². The largest absolute Gasteiger partial charge is 0.481 e. The maximum Gasteiger partial charge on any atom is 0.410 e. The van der Waals surface area contributed by atoms with E-state index in [9.17, 15) is 14.4 Å². The molecule has 120 valence electrons. The molecule has 0 radical (unpaired) electrons. The maximum absolute atomic E-state index is 12.3. The van der Waals surface area contributed by atoms with Crippen molar-refractivity contribution < 1.29 is 29.3 Å². The van der Waals surface area contributed by atoms with Crippen LogP contribution in [0.1, 0.15) is 52.9 Å². The van der Waals surface area contributed by atoms with Crippen LogP contribution < -0.4 is 0 Å². The maximum atomic E-state index is 12.3. The normalized spacial score (nSPS) is 22.7. The van der Waals surface area contributed by atoms with Crippen molar-refractivity contribution in [3.8, 4) is 0 Å². The number of hydrogen-bond acceptors (Lipinski definition) is 4. The second-order valence-electron chi connectivity index (χ2n) is 6.32. The van der Waals surface area contributed by atoms with Crippen molar-refractivity contribution in [1.82, 2.24) is 4.90 Å². The summed E-state index contributed by atoms with van der Waals surface area (Å²) in [5, 5.41) is 17.9. The highest BCUT2D eigenvalue weighted by Gasteiger charge is 2.38. The van der Waals surface area contributed by atoms with Gasteiger partial charge in [-0.1, -0.05) is 0 Å². The van der Waals surface area contributed by atoms with Crippen LogP contribution in [-0.4, -0.2) is 50.8 Å². The van der Waals surface area contributed by atoms with Gasteiger partial charge in [0.05, 0.1) is 12.8 Å². The summed E-state index contributed by atoms with van der Waals surface area (Å²) in [6.45, 7) is 5.15. The molecule has 1 aliphatic heterocycles. The lowest BCUT2D eigenvalue weighted by atomic mass is 9.92. The number of likely N-dealkylation sites (tertiary alicyclic amines) is 1. The van der Waals surface area contributed by atoms with Gasteiger partial charge in [0.25, 0.3) is 0 Å². The van der Waals surface area contributed by atoms with Gasteiger partial charge in [0.15, 0.2) is 0 Å². The molecule has 1 aliphatic rings. The van der Waals surface area contributed by atoms with Crippen molar-refractivity contribution in [3.05, 3.63) is 0 Å². The summed E-state index contributed by atoms with van der Waals surface area (Å²) in [6, 6.07) is -1.04. The van der Waals surface area contributed by atoms with E-state index in [1.807, 2.05) is 0 Å². The van der Waals surface area contributed by atoms with Crippen molar-refractivity contribution in [2.45, 2.75) is 70.6 Å². The second kappa shape index (κ2) is 6.78. The third-order valence-corrected chi connectivity index (χ3v) is 3.29. The molecule has 0 bridgehead atoms. The summed E-state index contributed by atoms with van der Waals surface area (Å²) in [5.74, 6) is -2.02. The monoisotopic (exact) mass is 301 g/mol. The van der Waals surface area contributed by atoms with E-state index in [1.54, 1.807) is 20.8 Å². The Morgan fingerprint density at radius 1 is 1.05 bits per heavy atom. The number of ether oxygens (including phenoxy) is 1. The summed E-state index contributed by atoms with van der Waals surface area (Å²) >= 11 is 0. The number of carbonyl (C=O) groups is 3. The highest BCUT2D eigenvalue weighted by molar-refractivity contribution is 5.74. The summed E-state index contributed by atoms with van der Waals surface area (Å²) < 4.78 is 5.30. The molecule has 0 saturated carbocycles. The van der Waals surface area contributed by atoms with E-state index in [2.05, 4.69) is 0 Å². The number of piperidine rings is 1. The Morgan fingerprint density at radius 2 is 1.48 bits per heavy atom. The van der Waals surface area contributed by atoms with Gasteiger partial charge in [-0.05, 0) is 40.0 Å². The van der Waals surface area contributed by atoms with E-state index in [4.69, 9.17) is 14.9 Å². The first-order chi connectivity index (χ1) is 9.60. The van der Waals surface area contributed by atoms with Gasteiger partial charge in [0, 0.05) is 12.1 Å². The Morgan fingerprint density at radius 3 is 1.81 bits per heavy atom. The van der Waals surface area contributed by atoms with Crippen LogP contribution in [-0.2, 0) is 14.3 Å². The molecule has 7 nitrogen and oxygen atoms in total. The summed E-state index contributed by atoms with van der Waals surface area (Å²) in [4.78, 5) is 35.5. The molecule has 1 heterocycles. The van der Waals surface area contributed by atoms with Gasteiger partial charge >= 0.3 is 18.0 Å². The molecule has 0 aromatic heterocycles. The number of carboxylic acids is 2. The minimum absolute atomic E-state index is 0.199. The van der Waals surface area contributed by atoms with E-state index < -0.39 is 35.7 Å². The highest BCUT2D eigenvalue weighted by Crippen LogP contribution is 2.29. The Labute approximate surface area is 123 Å². The van der Waals surface area contributed by atoms with Crippen LogP contribution >= 0.6 is 0 Å². The van der Waals surface area contributed by atoms with Gasteiger partial charge in [0.2, 0.25) is 0 Å². The molecular weight excluding hydrogens is 278 g/mol. The average Bonchev–Trinajstić information content (AvgIpc) is 2.24. The number of nitrogens with zero attached hydrogens (tertiary/aromatic N) is 1. The number of aliphatic carboxylic acids is 2. The Bertz CT molecular complexity index is 390. The molecule has 2 N–H and O–H groups in total. The third kappa shape index (κ3) is 5.61. The number of carbonyl (C=O) groups excluding carboxylic acids is 1. The number of carboxylic acid groups (broad SMARTS) is 2. The quantitative estimate of drug-likeness (QED) is 0.824. The van der Waals surface area contributed by atoms with Gasteiger partial charge in [-0.15, -0.1) is 0 Å². The lowest BCUT2D eigenvalue weighted by Gasteiger charge is -2.41. The van der Waals surface area contributed by atoms with E-state index >= 15 is 0 Å². The molecule has 0 spiro atoms. The molecule has 7 heteroatoms. The molecule has 21 heavy (non-hydrogen) atoms. The van der Waals surface area contributed by atoms with Crippen LogP contribution in [0.25, 0.3) is 0 Å². The predicted octanol–water partition coefficient (Wildman–Crippen LogP) is 2.09. The first kappa shape index (κ1) is 17.3. The van der Waals surface area contributed by atoms with E-state index in [1.165, 1.54) is 4.90 Å². The van der Waals surface area contributed by atoms with Crippen molar-refractivity contribution >= 4 is 18.0 Å². The van der Waals surface area contributed by atoms with Crippen molar-refractivity contribution in [3.63, 3.8) is 0 Å². The lowest BCUT2D eigenvalue weighted by molar-refractivity contribution is -0.139. The highest BCUT2D eigenvalue weighted by atomic mass is 16.6. The molecule has 1 amide bonds. The molecule has 2 unspecified atom stereocenters. The van der Waals surface area contributed by atoms with Crippen molar-refractivity contribution in [1.29, 1.82) is 0 Å². The number of rotatable bonds is 4. The summed E-state index contributed by atoms with van der Waals surface area (Å²) in [5.41, 5.74) is -0.712. The Hall–Kier alpha value is -1.79. The van der Waals surface area contributed by atoms with Crippen LogP contribution in [0.15, 0.2) is 0 Å². The second-order valence-corrected chi connectivity index (χ2v) is 6.32. The van der Waals surface area contributed by atoms with Crippen LogP contribution in [0.3, 0.4) is 0 Å². The summed E-state index contributed by atoms with van der Waals surface area (Å²) in [6.07, 6.45) is 0.753. The fraction of sp³-hybridized carbons (Fsp3) is 0.786. The van der Waals surface area contributed by atoms with Gasteiger partial charge in [-0.25, -0.2) is 4.79 Å². The lowest BCUT2D eigenvalue weighted by Crippen LogP contribution is -2.52. The molecule has 0 aliphatic carbocycles. The zero-order valence-electron chi connectivity index (χ0n) is 12.7. The standard InChI is InChI=1S/C14H23NO6/c1-14(2,3)21-13(20)15-9(7-11(16)17)5-4-6-10(15)8-12(18)19/h9-10H,4-8H2,1-3H3,(H,16,17)(H,18,19). The molecule has 1 rings (SSSR count). The molecule has 1 fully saturated rings. The Kier molecular flexibility index (Phi) is 5.57. The zero-order valence-corrected chi connectivity index (χ0v) is 12.7. The van der Waals surface area contributed by atoms with Crippen molar-refractivity contribution in [2.24, 2.45) is 0 Å². The zero-order chi connectivity index (χ0) is 16.2. The first-order valence-electron chi connectivity index (χ1n) is 7.05. The Balaban J connectivity index is 2.94. The molecular formula is C14H23NO6. The topological polar surface area (TPSA) is 104 Å². The van der Waals surface area contributed by atoms with Gasteiger partial charge < -0.3 is 19.8 Å². The predicted molar refractivity (Wildman–Crippen MR) is 74.0 cm³/mol. The van der Waals surface area contributed by atoms with Crippen LogP contribution in [0, 0.1) is 0 Å². The number of amides is 1. The molecule has 1 saturated heterocycles. The molecule has 0 aromatic carbocycles. The van der Waals surface area contributed by atoms with E-state index in [0.29, 0.717) is 19.3 Å². The molecule has 2 atom stereocenters. The minimum atomic E-state index is -1.01.